The van der Waals surface area contributed by atoms with Crippen molar-refractivity contribution in [1.29, 1.82) is 0 Å². The van der Waals surface area contributed by atoms with Crippen LogP contribution in [0.3, 0.4) is 0 Å². The van der Waals surface area contributed by atoms with Crippen LogP contribution in [0.2, 0.25) is 0 Å². The minimum atomic E-state index is -0.766. The van der Waals surface area contributed by atoms with Crippen LogP contribution in [-0.4, -0.2) is 48.9 Å². The molecule has 138 valence electrons. The molecule has 0 spiro atoms. The average Bonchev–Trinajstić information content (AvgIpc) is 2.52. The predicted octanol–water partition coefficient (Wildman–Crippen LogP) is 1.93. The molecule has 0 aromatic heterocycles. The third kappa shape index (κ3) is 6.42. The van der Waals surface area contributed by atoms with Gasteiger partial charge in [0, 0.05) is 24.2 Å². The van der Waals surface area contributed by atoms with E-state index in [1.165, 1.54) is 0 Å². The van der Waals surface area contributed by atoms with Crippen LogP contribution in [0.1, 0.15) is 37.0 Å². The van der Waals surface area contributed by atoms with E-state index < -0.39 is 17.5 Å². The second-order valence-electron chi connectivity index (χ2n) is 6.81. The number of likely N-dealkylation sites (tertiary alicyclic amines) is 1. The molecule has 1 aliphatic heterocycles. The molecule has 2 N–H and O–H groups in total. The summed E-state index contributed by atoms with van der Waals surface area (Å²) < 4.78 is 26.3. The minimum absolute atomic E-state index is 0.0136. The van der Waals surface area contributed by atoms with Crippen LogP contribution in [0.4, 0.5) is 8.78 Å². The van der Waals surface area contributed by atoms with Gasteiger partial charge in [-0.05, 0) is 57.8 Å². The Morgan fingerprint density at radius 2 is 1.76 bits per heavy atom. The molecule has 1 aromatic carbocycles. The summed E-state index contributed by atoms with van der Waals surface area (Å²) in [5.74, 6) is -1.69. The molecule has 2 amide bonds. The molecule has 0 saturated carbocycles. The van der Waals surface area contributed by atoms with E-state index in [-0.39, 0.29) is 17.5 Å². The van der Waals surface area contributed by atoms with E-state index >= 15 is 0 Å². The lowest BCUT2D eigenvalue weighted by Crippen LogP contribution is -2.44. The zero-order valence-corrected chi connectivity index (χ0v) is 14.6. The largest absolute Gasteiger partial charge is 0.353 e. The van der Waals surface area contributed by atoms with Gasteiger partial charge >= 0.3 is 0 Å². The second-order valence-corrected chi connectivity index (χ2v) is 6.81. The zero-order valence-electron chi connectivity index (χ0n) is 14.6. The van der Waals surface area contributed by atoms with Gasteiger partial charge in [-0.2, -0.15) is 0 Å². The lowest BCUT2D eigenvalue weighted by Gasteiger charge is -2.31. The van der Waals surface area contributed by atoms with Gasteiger partial charge < -0.3 is 10.6 Å². The highest BCUT2D eigenvalue weighted by molar-refractivity contribution is 5.94. The van der Waals surface area contributed by atoms with Crippen LogP contribution in [-0.2, 0) is 4.79 Å². The number of carbonyl (C=O) groups is 2. The number of hydrogen-bond acceptors (Lipinski definition) is 3. The molecule has 1 saturated heterocycles. The zero-order chi connectivity index (χ0) is 18.4. The van der Waals surface area contributed by atoms with Gasteiger partial charge in [-0.3, -0.25) is 14.5 Å². The lowest BCUT2D eigenvalue weighted by molar-refractivity contribution is -0.123. The van der Waals surface area contributed by atoms with E-state index in [1.807, 2.05) is 13.8 Å². The van der Waals surface area contributed by atoms with Crippen LogP contribution in [0, 0.1) is 17.6 Å². The monoisotopic (exact) mass is 353 g/mol. The van der Waals surface area contributed by atoms with Crippen molar-refractivity contribution in [3.05, 3.63) is 35.4 Å². The molecular formula is C18H25F2N3O2. The van der Waals surface area contributed by atoms with Gasteiger partial charge in [0.15, 0.2) is 0 Å². The van der Waals surface area contributed by atoms with Crippen molar-refractivity contribution >= 4 is 11.8 Å². The van der Waals surface area contributed by atoms with Crippen LogP contribution in [0.5, 0.6) is 0 Å². The Kier molecular flexibility index (Phi) is 6.87. The average molecular weight is 353 g/mol. The Hall–Kier alpha value is -2.02. The fraction of sp³-hybridized carbons (Fsp3) is 0.556. The number of hydrogen-bond donors (Lipinski definition) is 2. The first kappa shape index (κ1) is 19.3. The van der Waals surface area contributed by atoms with Gasteiger partial charge in [0.05, 0.1) is 6.54 Å². The van der Waals surface area contributed by atoms with Crippen LogP contribution in [0.15, 0.2) is 18.2 Å². The van der Waals surface area contributed by atoms with Crippen molar-refractivity contribution in [1.82, 2.24) is 15.5 Å². The molecular weight excluding hydrogens is 328 g/mol. The summed E-state index contributed by atoms with van der Waals surface area (Å²) in [6, 6.07) is 2.91. The molecule has 0 atom stereocenters. The topological polar surface area (TPSA) is 61.4 Å². The summed E-state index contributed by atoms with van der Waals surface area (Å²) in [5.41, 5.74) is -0.0136. The normalized spacial score (nSPS) is 16.0. The van der Waals surface area contributed by atoms with Crippen molar-refractivity contribution in [2.45, 2.75) is 32.7 Å². The van der Waals surface area contributed by atoms with Gasteiger partial charge in [-0.15, -0.1) is 0 Å². The first-order valence-electron chi connectivity index (χ1n) is 8.59. The van der Waals surface area contributed by atoms with Crippen LogP contribution < -0.4 is 10.6 Å². The Morgan fingerprint density at radius 1 is 1.16 bits per heavy atom. The molecule has 25 heavy (non-hydrogen) atoms. The Morgan fingerprint density at radius 3 is 2.32 bits per heavy atom. The smallest absolute Gasteiger partial charge is 0.251 e. The molecule has 5 nitrogen and oxygen atoms in total. The molecule has 0 unspecified atom stereocenters. The summed E-state index contributed by atoms with van der Waals surface area (Å²) in [6.45, 7) is 6.29. The summed E-state index contributed by atoms with van der Waals surface area (Å²) in [7, 11) is 0. The molecule has 0 radical (unpaired) electrons. The Balaban J connectivity index is 1.73. The first-order valence-corrected chi connectivity index (χ1v) is 8.59. The van der Waals surface area contributed by atoms with E-state index in [1.54, 1.807) is 0 Å². The van der Waals surface area contributed by atoms with E-state index in [0.717, 1.165) is 44.1 Å². The maximum Gasteiger partial charge on any atom is 0.251 e. The van der Waals surface area contributed by atoms with Gasteiger partial charge in [-0.25, -0.2) is 8.78 Å². The van der Waals surface area contributed by atoms with Gasteiger partial charge in [-0.1, -0.05) is 0 Å². The van der Waals surface area contributed by atoms with Gasteiger partial charge in [0.1, 0.15) is 11.6 Å². The van der Waals surface area contributed by atoms with Crippen LogP contribution >= 0.6 is 0 Å². The van der Waals surface area contributed by atoms with Crippen molar-refractivity contribution in [3.63, 3.8) is 0 Å². The van der Waals surface area contributed by atoms with Crippen molar-refractivity contribution in [3.8, 4) is 0 Å². The summed E-state index contributed by atoms with van der Waals surface area (Å²) >= 11 is 0. The highest BCUT2D eigenvalue weighted by Crippen LogP contribution is 2.16. The molecule has 1 fully saturated rings. The fourth-order valence-corrected chi connectivity index (χ4v) is 2.94. The molecule has 1 aliphatic rings. The molecule has 2 rings (SSSR count). The maximum absolute atomic E-state index is 13.2. The number of piperidine rings is 1. The van der Waals surface area contributed by atoms with Crippen molar-refractivity contribution < 1.29 is 18.4 Å². The summed E-state index contributed by atoms with van der Waals surface area (Å²) in [6.07, 6.45) is 1.74. The first-order chi connectivity index (χ1) is 11.8. The fourth-order valence-electron chi connectivity index (χ4n) is 2.94. The Labute approximate surface area is 146 Å². The maximum atomic E-state index is 13.2. The molecule has 1 heterocycles. The third-order valence-electron chi connectivity index (χ3n) is 4.20. The van der Waals surface area contributed by atoms with Crippen molar-refractivity contribution in [2.24, 2.45) is 5.92 Å². The quantitative estimate of drug-likeness (QED) is 0.822. The minimum Gasteiger partial charge on any atom is -0.353 e. The number of benzene rings is 1. The Bertz CT molecular complexity index is 594. The number of nitrogens with one attached hydrogen (secondary N) is 2. The van der Waals surface area contributed by atoms with Gasteiger partial charge in [0.2, 0.25) is 5.91 Å². The van der Waals surface area contributed by atoms with Gasteiger partial charge in [0.25, 0.3) is 5.91 Å². The van der Waals surface area contributed by atoms with Crippen LogP contribution in [0.25, 0.3) is 0 Å². The summed E-state index contributed by atoms with van der Waals surface area (Å²) in [5, 5.41) is 5.60. The molecule has 1 aromatic rings. The van der Waals surface area contributed by atoms with E-state index in [2.05, 4.69) is 15.5 Å². The third-order valence-corrected chi connectivity index (χ3v) is 4.20. The number of halogens is 2. The highest BCUT2D eigenvalue weighted by Gasteiger charge is 2.21. The summed E-state index contributed by atoms with van der Waals surface area (Å²) in [4.78, 5) is 25.9. The van der Waals surface area contributed by atoms with E-state index in [4.69, 9.17) is 0 Å². The highest BCUT2D eigenvalue weighted by atomic mass is 19.1. The molecule has 0 aliphatic carbocycles. The van der Waals surface area contributed by atoms with Crippen molar-refractivity contribution in [2.75, 3.05) is 26.2 Å². The SMILES string of the molecule is CC(C)NC(=O)CN1CCC(CNC(=O)c2cc(F)cc(F)c2)CC1. The number of nitrogens with zero attached hydrogens (tertiary/aromatic N) is 1. The standard InChI is InChI=1S/C18H25F2N3O2/c1-12(2)22-17(24)11-23-5-3-13(4-6-23)10-21-18(25)14-7-15(19)9-16(20)8-14/h7-9,12-13H,3-6,10-11H2,1-2H3,(H,21,25)(H,22,24). The second kappa shape index (κ2) is 8.89. The lowest BCUT2D eigenvalue weighted by atomic mass is 9.96. The number of carbonyl (C=O) groups excluding carboxylic acids is 2. The van der Waals surface area contributed by atoms with E-state index in [9.17, 15) is 18.4 Å². The van der Waals surface area contributed by atoms with E-state index in [0.29, 0.717) is 19.0 Å². The number of amides is 2. The number of rotatable bonds is 6. The predicted molar refractivity (Wildman–Crippen MR) is 91.1 cm³/mol. The molecule has 0 bridgehead atoms. The molecule has 7 heteroatoms.